The third kappa shape index (κ3) is 6.64. The summed E-state index contributed by atoms with van der Waals surface area (Å²) in [5.74, 6) is 0.832. The molecule has 0 heterocycles. The highest BCUT2D eigenvalue weighted by Crippen LogP contribution is 2.31. The molecule has 23 heavy (non-hydrogen) atoms. The Morgan fingerprint density at radius 2 is 1.65 bits per heavy atom. The molecule has 0 fully saturated rings. The smallest absolute Gasteiger partial charge is 0.166 e. The van der Waals surface area contributed by atoms with E-state index >= 15 is 0 Å². The van der Waals surface area contributed by atoms with Crippen LogP contribution >= 0.6 is 0 Å². The van der Waals surface area contributed by atoms with Crippen molar-refractivity contribution in [2.45, 2.75) is 78.1 Å². The molecule has 1 aromatic rings. The van der Waals surface area contributed by atoms with Crippen molar-refractivity contribution in [3.63, 3.8) is 0 Å². The number of Topliss-reactive ketones (excluding diaryl/α,β-unsaturated/α-hetero) is 1. The minimum Gasteiger partial charge on any atom is -0.507 e. The lowest BCUT2D eigenvalue weighted by Crippen LogP contribution is -2.03. The number of carbonyl (C=O) groups is 1. The summed E-state index contributed by atoms with van der Waals surface area (Å²) in [6, 6.07) is 3.52. The van der Waals surface area contributed by atoms with Gasteiger partial charge in [-0.3, -0.25) is 4.79 Å². The Balaban J connectivity index is 2.75. The summed E-state index contributed by atoms with van der Waals surface area (Å²) in [6.07, 6.45) is 10.1. The average Bonchev–Trinajstić information content (AvgIpc) is 2.56. The van der Waals surface area contributed by atoms with Crippen LogP contribution in [0.3, 0.4) is 0 Å². The second-order valence-electron chi connectivity index (χ2n) is 6.23. The Kier molecular flexibility index (Phi) is 9.42. The number of aryl methyl sites for hydroxylation is 1. The minimum absolute atomic E-state index is 0.0228. The van der Waals surface area contributed by atoms with Crippen LogP contribution in [0.25, 0.3) is 0 Å². The Bertz CT molecular complexity index is 480. The van der Waals surface area contributed by atoms with E-state index in [1.807, 2.05) is 6.07 Å². The summed E-state index contributed by atoms with van der Waals surface area (Å²) >= 11 is 0. The van der Waals surface area contributed by atoms with Gasteiger partial charge in [0.1, 0.15) is 11.5 Å². The Morgan fingerprint density at radius 3 is 2.30 bits per heavy atom. The number of hydrogen-bond acceptors (Lipinski definition) is 3. The van der Waals surface area contributed by atoms with Crippen molar-refractivity contribution in [2.75, 3.05) is 7.11 Å². The number of hydrogen-bond donors (Lipinski definition) is 1. The molecule has 0 atom stereocenters. The summed E-state index contributed by atoms with van der Waals surface area (Å²) in [4.78, 5) is 12.4. The second-order valence-corrected chi connectivity index (χ2v) is 6.23. The van der Waals surface area contributed by atoms with Gasteiger partial charge in [-0.15, -0.1) is 0 Å². The summed E-state index contributed by atoms with van der Waals surface area (Å²) < 4.78 is 5.30. The highest BCUT2D eigenvalue weighted by Gasteiger charge is 2.16. The normalized spacial score (nSPS) is 10.7. The van der Waals surface area contributed by atoms with Crippen LogP contribution in [0.2, 0.25) is 0 Å². The molecule has 1 N–H and O–H groups in total. The molecule has 1 aromatic carbocycles. The van der Waals surface area contributed by atoms with Gasteiger partial charge in [-0.2, -0.15) is 0 Å². The Labute approximate surface area is 141 Å². The van der Waals surface area contributed by atoms with E-state index in [2.05, 4.69) is 13.8 Å². The number of aromatic hydroxyl groups is 1. The average molecular weight is 320 g/mol. The van der Waals surface area contributed by atoms with Gasteiger partial charge in [-0.05, 0) is 37.0 Å². The van der Waals surface area contributed by atoms with Crippen molar-refractivity contribution in [2.24, 2.45) is 0 Å². The molecule has 130 valence electrons. The van der Waals surface area contributed by atoms with Crippen molar-refractivity contribution in [3.05, 3.63) is 23.3 Å². The first-order chi connectivity index (χ1) is 11.1. The molecule has 0 aliphatic heterocycles. The molecule has 0 saturated carbocycles. The van der Waals surface area contributed by atoms with Gasteiger partial charge in [0.05, 0.1) is 12.7 Å². The third-order valence-electron chi connectivity index (χ3n) is 4.26. The molecule has 3 heteroatoms. The lowest BCUT2D eigenvalue weighted by molar-refractivity contribution is 0.0976. The van der Waals surface area contributed by atoms with Gasteiger partial charge < -0.3 is 9.84 Å². The zero-order valence-electron chi connectivity index (χ0n) is 15.0. The zero-order chi connectivity index (χ0) is 17.1. The van der Waals surface area contributed by atoms with Gasteiger partial charge in [0.2, 0.25) is 0 Å². The first-order valence-electron chi connectivity index (χ1n) is 9.07. The molecule has 0 aliphatic rings. The summed E-state index contributed by atoms with van der Waals surface area (Å²) in [5.41, 5.74) is 1.25. The van der Waals surface area contributed by atoms with E-state index in [0.717, 1.165) is 44.1 Å². The number of benzene rings is 1. The second kappa shape index (κ2) is 11.1. The molecule has 0 saturated heterocycles. The number of phenols is 1. The fourth-order valence-corrected chi connectivity index (χ4v) is 2.78. The van der Waals surface area contributed by atoms with Crippen LogP contribution in [0.4, 0.5) is 0 Å². The van der Waals surface area contributed by atoms with Gasteiger partial charge in [0, 0.05) is 6.42 Å². The Morgan fingerprint density at radius 1 is 1.00 bits per heavy atom. The first kappa shape index (κ1) is 19.5. The van der Waals surface area contributed by atoms with Crippen LogP contribution < -0.4 is 4.74 Å². The van der Waals surface area contributed by atoms with E-state index < -0.39 is 0 Å². The fraction of sp³-hybridized carbons (Fsp3) is 0.650. The predicted octanol–water partition coefficient (Wildman–Crippen LogP) is 5.68. The minimum atomic E-state index is 0.0228. The van der Waals surface area contributed by atoms with E-state index in [4.69, 9.17) is 4.74 Å². The molecule has 0 aromatic heterocycles. The molecule has 1 rings (SSSR count). The molecule has 0 radical (unpaired) electrons. The molecule has 0 spiro atoms. The topological polar surface area (TPSA) is 46.5 Å². The number of phenolic OH excluding ortho intramolecular Hbond substituents is 1. The van der Waals surface area contributed by atoms with Gasteiger partial charge >= 0.3 is 0 Å². The molecular weight excluding hydrogens is 288 g/mol. The van der Waals surface area contributed by atoms with Gasteiger partial charge in [-0.1, -0.05) is 52.4 Å². The van der Waals surface area contributed by atoms with Crippen LogP contribution in [0.15, 0.2) is 12.1 Å². The predicted molar refractivity (Wildman–Crippen MR) is 95.6 cm³/mol. The van der Waals surface area contributed by atoms with Crippen molar-refractivity contribution >= 4 is 5.78 Å². The van der Waals surface area contributed by atoms with Crippen molar-refractivity contribution in [1.29, 1.82) is 0 Å². The molecular formula is C20H32O3. The zero-order valence-corrected chi connectivity index (χ0v) is 15.0. The van der Waals surface area contributed by atoms with Gasteiger partial charge in [0.25, 0.3) is 0 Å². The van der Waals surface area contributed by atoms with Crippen LogP contribution in [0, 0.1) is 0 Å². The molecule has 0 aliphatic carbocycles. The van der Waals surface area contributed by atoms with E-state index in [1.54, 1.807) is 13.2 Å². The summed E-state index contributed by atoms with van der Waals surface area (Å²) in [7, 11) is 1.60. The number of ketones is 1. The van der Waals surface area contributed by atoms with E-state index in [9.17, 15) is 9.90 Å². The van der Waals surface area contributed by atoms with E-state index in [-0.39, 0.29) is 11.5 Å². The fourth-order valence-electron chi connectivity index (χ4n) is 2.78. The largest absolute Gasteiger partial charge is 0.507 e. The van der Waals surface area contributed by atoms with E-state index in [1.165, 1.54) is 19.3 Å². The van der Waals surface area contributed by atoms with Crippen molar-refractivity contribution in [3.8, 4) is 11.5 Å². The van der Waals surface area contributed by atoms with Crippen molar-refractivity contribution < 1.29 is 14.6 Å². The number of rotatable bonds is 12. The van der Waals surface area contributed by atoms with Gasteiger partial charge in [-0.25, -0.2) is 0 Å². The van der Waals surface area contributed by atoms with Gasteiger partial charge in [0.15, 0.2) is 5.78 Å². The van der Waals surface area contributed by atoms with Crippen LogP contribution in [-0.2, 0) is 6.42 Å². The maximum Gasteiger partial charge on any atom is 0.166 e. The lowest BCUT2D eigenvalue weighted by atomic mass is 9.97. The third-order valence-corrected chi connectivity index (χ3v) is 4.26. The SMILES string of the molecule is CCCCCCCC(=O)c1cc(OC)cc(CCCCC)c1O. The monoisotopic (exact) mass is 320 g/mol. The van der Waals surface area contributed by atoms with Crippen LogP contribution in [0.1, 0.15) is 87.6 Å². The standard InChI is InChI=1S/C20H32O3/c1-4-6-8-9-11-13-19(21)18-15-17(23-3)14-16(20(18)22)12-10-7-5-2/h14-15,22H,4-13H2,1-3H3. The van der Waals surface area contributed by atoms with Crippen LogP contribution in [0.5, 0.6) is 11.5 Å². The maximum atomic E-state index is 12.4. The molecule has 0 bridgehead atoms. The highest BCUT2D eigenvalue weighted by molar-refractivity contribution is 5.99. The van der Waals surface area contributed by atoms with Crippen molar-refractivity contribution in [1.82, 2.24) is 0 Å². The molecule has 3 nitrogen and oxygen atoms in total. The van der Waals surface area contributed by atoms with E-state index in [0.29, 0.717) is 17.7 Å². The number of ether oxygens (including phenoxy) is 1. The highest BCUT2D eigenvalue weighted by atomic mass is 16.5. The molecule has 0 amide bonds. The Hall–Kier alpha value is -1.51. The summed E-state index contributed by atoms with van der Waals surface area (Å²) in [5, 5.41) is 10.4. The summed E-state index contributed by atoms with van der Waals surface area (Å²) in [6.45, 7) is 4.33. The number of carbonyl (C=O) groups excluding carboxylic acids is 1. The number of unbranched alkanes of at least 4 members (excludes halogenated alkanes) is 6. The first-order valence-corrected chi connectivity index (χ1v) is 9.07. The number of methoxy groups -OCH3 is 1. The quantitative estimate of drug-likeness (QED) is 0.398. The van der Waals surface area contributed by atoms with Crippen LogP contribution in [-0.4, -0.2) is 18.0 Å². The molecule has 0 unspecified atom stereocenters. The lowest BCUT2D eigenvalue weighted by Gasteiger charge is -2.12. The maximum absolute atomic E-state index is 12.4.